The molecule has 0 bridgehead atoms. The maximum absolute atomic E-state index is 7.09. The van der Waals surface area contributed by atoms with E-state index in [4.69, 9.17) is 15.4 Å². The molecule has 0 aliphatic heterocycles. The van der Waals surface area contributed by atoms with E-state index in [0.717, 1.165) is 36.5 Å². The van der Waals surface area contributed by atoms with Gasteiger partial charge in [0.25, 0.3) is 0 Å². The van der Waals surface area contributed by atoms with E-state index in [1.807, 2.05) is 0 Å². The summed E-state index contributed by atoms with van der Waals surface area (Å²) in [5, 5.41) is 0.366. The highest BCUT2D eigenvalue weighted by Crippen LogP contribution is 2.60. The third-order valence-corrected chi connectivity index (χ3v) is 21.9. The Morgan fingerprint density at radius 2 is 1.51 bits per heavy atom. The number of fused-ring (bicyclic) bond motifs is 1. The fourth-order valence-corrected chi connectivity index (χ4v) is 10.7. The third kappa shape index (κ3) is 8.69. The maximum Gasteiger partial charge on any atom is 0.192 e. The molecule has 3 fully saturated rings. The van der Waals surface area contributed by atoms with Crippen LogP contribution in [-0.4, -0.2) is 28.8 Å². The van der Waals surface area contributed by atoms with E-state index < -0.39 is 16.6 Å². The van der Waals surface area contributed by atoms with Crippen molar-refractivity contribution >= 4 is 16.6 Å². The topological polar surface area (TPSA) is 18.5 Å². The molecular weight excluding hydrogens is 557 g/mol. The second-order valence-corrected chi connectivity index (χ2v) is 28.2. The highest BCUT2D eigenvalue weighted by atomic mass is 28.4. The molecule has 4 heteroatoms. The lowest BCUT2D eigenvalue weighted by Gasteiger charge is -2.46. The molecule has 0 spiro atoms. The van der Waals surface area contributed by atoms with Gasteiger partial charge in [0.2, 0.25) is 0 Å². The molecule has 0 amide bonds. The Kier molecular flexibility index (Phi) is 11.8. The first-order valence-electron chi connectivity index (χ1n) is 18.0. The maximum atomic E-state index is 7.09. The molecule has 3 aliphatic carbocycles. The molecule has 0 radical (unpaired) electrons. The van der Waals surface area contributed by atoms with Crippen LogP contribution in [0.25, 0.3) is 0 Å². The molecule has 0 aromatic carbocycles. The van der Waals surface area contributed by atoms with Crippen molar-refractivity contribution in [2.75, 3.05) is 0 Å². The summed E-state index contributed by atoms with van der Waals surface area (Å²) in [6.07, 6.45) is 18.1. The van der Waals surface area contributed by atoms with Crippen molar-refractivity contribution < 1.29 is 8.85 Å². The first-order valence-corrected chi connectivity index (χ1v) is 23.8. The lowest BCUT2D eigenvalue weighted by Crippen LogP contribution is -2.49. The zero-order valence-electron chi connectivity index (χ0n) is 31.2. The summed E-state index contributed by atoms with van der Waals surface area (Å²) in [6, 6.07) is 0. The Morgan fingerprint density at radius 1 is 0.907 bits per heavy atom. The highest BCUT2D eigenvalue weighted by Gasteiger charge is 2.50. The Bertz CT molecular complexity index is 1020. The fourth-order valence-electron chi connectivity index (χ4n) is 8.03. The molecule has 3 aliphatic rings. The van der Waals surface area contributed by atoms with Gasteiger partial charge in [0.1, 0.15) is 0 Å². The van der Waals surface area contributed by atoms with Crippen molar-refractivity contribution in [2.24, 2.45) is 29.1 Å². The first-order chi connectivity index (χ1) is 19.6. The smallest absolute Gasteiger partial charge is 0.192 e. The van der Waals surface area contributed by atoms with Gasteiger partial charge >= 0.3 is 0 Å². The lowest BCUT2D eigenvalue weighted by atomic mass is 9.60. The summed E-state index contributed by atoms with van der Waals surface area (Å²) in [5.74, 6) is 3.28. The van der Waals surface area contributed by atoms with Crippen LogP contribution in [-0.2, 0) is 8.85 Å². The minimum atomic E-state index is -1.95. The average Bonchev–Trinajstić information content (AvgIpc) is 3.20. The molecule has 0 N–H and O–H groups in total. The minimum Gasteiger partial charge on any atom is -0.413 e. The van der Waals surface area contributed by atoms with Gasteiger partial charge in [0.15, 0.2) is 16.6 Å². The summed E-state index contributed by atoms with van der Waals surface area (Å²) in [6.45, 7) is 38.3. The molecule has 0 saturated heterocycles. The molecule has 6 atom stereocenters. The SMILES string of the molecule is C=C1/C(=C\C=C2\CCCC3(C)[C@@H]([C@H](C)CCCC(C)C)CC[C@@H]23)C[C@@H](O[Si](C)(C)C(C)(C)C)C[C@@H]1O[Si](C)(C)C(C)(C)C. The molecule has 43 heavy (non-hydrogen) atoms. The van der Waals surface area contributed by atoms with Crippen LogP contribution in [0.15, 0.2) is 35.5 Å². The summed E-state index contributed by atoms with van der Waals surface area (Å²) in [4.78, 5) is 0. The van der Waals surface area contributed by atoms with Gasteiger partial charge in [-0.1, -0.05) is 113 Å². The van der Waals surface area contributed by atoms with Crippen LogP contribution in [0.5, 0.6) is 0 Å². The van der Waals surface area contributed by atoms with E-state index in [1.54, 1.807) is 5.57 Å². The molecule has 3 rings (SSSR count). The Hall–Kier alpha value is -0.426. The van der Waals surface area contributed by atoms with E-state index in [0.29, 0.717) is 5.41 Å². The molecule has 1 unspecified atom stereocenters. The third-order valence-electron chi connectivity index (χ3n) is 12.9. The standard InChI is InChI=1S/C39H72O2Si2/c1-28(2)18-16-19-29(3)34-23-24-35-31(20-17-25-39(34,35)11)21-22-32-26-33(40-42(12,13)37(5,6)7)27-36(30(32)4)41-43(14,15)38(8,9)10/h21-22,28-29,33-36H,4,16-20,23-27H2,1-3,5-15H3/b31-21-,32-22-/t29-,33-,34-,35+,36+,39?/m1/s1. The van der Waals surface area contributed by atoms with E-state index >= 15 is 0 Å². The first kappa shape index (κ1) is 37.0. The zero-order valence-corrected chi connectivity index (χ0v) is 33.2. The van der Waals surface area contributed by atoms with Crippen molar-refractivity contribution in [2.45, 2.75) is 182 Å². The van der Waals surface area contributed by atoms with Crippen LogP contribution in [0.1, 0.15) is 133 Å². The summed E-state index contributed by atoms with van der Waals surface area (Å²) >= 11 is 0. The van der Waals surface area contributed by atoms with E-state index in [1.165, 1.54) is 62.5 Å². The van der Waals surface area contributed by atoms with Gasteiger partial charge < -0.3 is 8.85 Å². The quantitative estimate of drug-likeness (QED) is 0.224. The lowest BCUT2D eigenvalue weighted by molar-refractivity contribution is 0.0927. The van der Waals surface area contributed by atoms with Crippen LogP contribution in [0.2, 0.25) is 36.3 Å². The fraction of sp³-hybridized carbons (Fsp3) is 0.846. The highest BCUT2D eigenvalue weighted by molar-refractivity contribution is 6.74. The second-order valence-electron chi connectivity index (χ2n) is 18.7. The Labute approximate surface area is 271 Å². The van der Waals surface area contributed by atoms with Gasteiger partial charge in [-0.3, -0.25) is 0 Å². The molecular formula is C39H72O2Si2. The van der Waals surface area contributed by atoms with Crippen molar-refractivity contribution in [3.8, 4) is 0 Å². The van der Waals surface area contributed by atoms with Crippen LogP contribution >= 0.6 is 0 Å². The van der Waals surface area contributed by atoms with Crippen molar-refractivity contribution in [3.63, 3.8) is 0 Å². The molecule has 0 heterocycles. The van der Waals surface area contributed by atoms with Crippen molar-refractivity contribution in [1.82, 2.24) is 0 Å². The summed E-state index contributed by atoms with van der Waals surface area (Å²) < 4.78 is 14.2. The van der Waals surface area contributed by atoms with E-state index in [9.17, 15) is 0 Å². The molecule has 0 aromatic rings. The molecule has 3 saturated carbocycles. The van der Waals surface area contributed by atoms with Crippen molar-refractivity contribution in [1.29, 1.82) is 0 Å². The van der Waals surface area contributed by atoms with E-state index in [-0.39, 0.29) is 22.3 Å². The molecule has 0 aromatic heterocycles. The van der Waals surface area contributed by atoms with Gasteiger partial charge in [0, 0.05) is 6.42 Å². The second kappa shape index (κ2) is 13.7. The van der Waals surface area contributed by atoms with Gasteiger partial charge in [0.05, 0.1) is 12.2 Å². The van der Waals surface area contributed by atoms with Crippen LogP contribution in [0, 0.1) is 29.1 Å². The van der Waals surface area contributed by atoms with Crippen LogP contribution in [0.4, 0.5) is 0 Å². The molecule has 248 valence electrons. The van der Waals surface area contributed by atoms with Crippen molar-refractivity contribution in [3.05, 3.63) is 35.5 Å². The van der Waals surface area contributed by atoms with Gasteiger partial charge in [-0.25, -0.2) is 0 Å². The average molecular weight is 629 g/mol. The Balaban J connectivity index is 1.87. The number of rotatable bonds is 10. The largest absolute Gasteiger partial charge is 0.413 e. The zero-order chi connectivity index (χ0) is 32.6. The summed E-state index contributed by atoms with van der Waals surface area (Å²) in [7, 11) is -3.86. The van der Waals surface area contributed by atoms with Gasteiger partial charge in [-0.05, 0) is 115 Å². The van der Waals surface area contributed by atoms with Gasteiger partial charge in [-0.2, -0.15) is 0 Å². The monoisotopic (exact) mass is 629 g/mol. The minimum absolute atomic E-state index is 0.0493. The normalized spacial score (nSPS) is 32.1. The summed E-state index contributed by atoms with van der Waals surface area (Å²) in [5.41, 5.74) is 4.75. The van der Waals surface area contributed by atoms with Crippen LogP contribution in [0.3, 0.4) is 0 Å². The predicted octanol–water partition coefficient (Wildman–Crippen LogP) is 12.6. The van der Waals surface area contributed by atoms with E-state index in [2.05, 4.69) is 108 Å². The molecule has 2 nitrogen and oxygen atoms in total. The number of hydrogen-bond donors (Lipinski definition) is 0. The van der Waals surface area contributed by atoms with Crippen LogP contribution < -0.4 is 0 Å². The Morgan fingerprint density at radius 3 is 2.09 bits per heavy atom. The van der Waals surface area contributed by atoms with Gasteiger partial charge in [-0.15, -0.1) is 0 Å². The number of hydrogen-bond acceptors (Lipinski definition) is 2. The number of allylic oxidation sites excluding steroid dienone is 3. The predicted molar refractivity (Wildman–Crippen MR) is 195 cm³/mol.